The molecule has 4 nitrogen and oxygen atoms in total. The number of esters is 2. The van der Waals surface area contributed by atoms with Crippen LogP contribution in [0.1, 0.15) is 72.1 Å². The van der Waals surface area contributed by atoms with Gasteiger partial charge in [0.1, 0.15) is 12.2 Å². The largest absolute Gasteiger partial charge is 0.462 e. The zero-order valence-corrected chi connectivity index (χ0v) is 15.2. The maximum atomic E-state index is 11.7. The molecule has 0 bridgehead atoms. The van der Waals surface area contributed by atoms with Crippen molar-refractivity contribution in [2.45, 2.75) is 84.3 Å². The van der Waals surface area contributed by atoms with Gasteiger partial charge >= 0.3 is 11.9 Å². The molecule has 4 fully saturated rings. The van der Waals surface area contributed by atoms with Gasteiger partial charge in [-0.3, -0.25) is 9.59 Å². The lowest BCUT2D eigenvalue weighted by Gasteiger charge is -2.59. The van der Waals surface area contributed by atoms with Crippen LogP contribution in [0.4, 0.5) is 0 Å². The first-order valence-electron chi connectivity index (χ1n) is 9.71. The van der Waals surface area contributed by atoms with Gasteiger partial charge in [0.15, 0.2) is 0 Å². The average molecular weight is 334 g/mol. The summed E-state index contributed by atoms with van der Waals surface area (Å²) in [5, 5.41) is 0. The summed E-state index contributed by atoms with van der Waals surface area (Å²) in [7, 11) is 0. The number of rotatable bonds is 1. The molecule has 0 N–H and O–H groups in total. The van der Waals surface area contributed by atoms with Crippen LogP contribution >= 0.6 is 0 Å². The summed E-state index contributed by atoms with van der Waals surface area (Å²) in [6.07, 6.45) is 8.44. The summed E-state index contributed by atoms with van der Waals surface area (Å²) in [5.41, 5.74) is 0.291. The molecule has 0 aromatic carbocycles. The second kappa shape index (κ2) is 5.47. The Hall–Kier alpha value is -1.06. The van der Waals surface area contributed by atoms with Gasteiger partial charge in [-0.25, -0.2) is 0 Å². The van der Waals surface area contributed by atoms with E-state index in [1.54, 1.807) is 0 Å². The highest BCUT2D eigenvalue weighted by molar-refractivity contribution is 5.70. The van der Waals surface area contributed by atoms with Crippen molar-refractivity contribution in [1.29, 1.82) is 0 Å². The molecular formula is C20H30O4. The molecule has 4 rings (SSSR count). The van der Waals surface area contributed by atoms with Crippen LogP contribution in [0, 0.1) is 28.6 Å². The highest BCUT2D eigenvalue weighted by Crippen LogP contribution is 2.64. The molecule has 1 heterocycles. The van der Waals surface area contributed by atoms with Gasteiger partial charge in [-0.05, 0) is 62.7 Å². The van der Waals surface area contributed by atoms with Gasteiger partial charge in [0.25, 0.3) is 0 Å². The minimum atomic E-state index is -0.140. The Balaban J connectivity index is 1.58. The van der Waals surface area contributed by atoms with E-state index < -0.39 is 0 Å². The molecule has 4 heteroatoms. The molecule has 1 saturated heterocycles. The molecule has 0 amide bonds. The number of carbonyl (C=O) groups excluding carboxylic acids is 2. The van der Waals surface area contributed by atoms with E-state index in [9.17, 15) is 9.59 Å². The Morgan fingerprint density at radius 1 is 1.04 bits per heavy atom. The summed E-state index contributed by atoms with van der Waals surface area (Å²) >= 11 is 0. The molecule has 24 heavy (non-hydrogen) atoms. The molecule has 7 unspecified atom stereocenters. The topological polar surface area (TPSA) is 52.6 Å². The van der Waals surface area contributed by atoms with Crippen LogP contribution in [-0.4, -0.2) is 24.1 Å². The molecule has 0 radical (unpaired) electrons. The molecule has 0 spiro atoms. The minimum Gasteiger partial charge on any atom is -0.462 e. The van der Waals surface area contributed by atoms with Crippen LogP contribution in [0.5, 0.6) is 0 Å². The normalized spacial score (nSPS) is 50.3. The van der Waals surface area contributed by atoms with E-state index in [4.69, 9.17) is 9.47 Å². The van der Waals surface area contributed by atoms with Crippen LogP contribution in [0.15, 0.2) is 0 Å². The first-order valence-corrected chi connectivity index (χ1v) is 9.71. The molecule has 1 aliphatic heterocycles. The van der Waals surface area contributed by atoms with Crippen molar-refractivity contribution in [3.05, 3.63) is 0 Å². The first kappa shape index (κ1) is 16.4. The number of carbonyl (C=O) groups is 2. The third-order valence-electron chi connectivity index (χ3n) is 8.14. The summed E-state index contributed by atoms with van der Waals surface area (Å²) in [4.78, 5) is 23.2. The third kappa shape index (κ3) is 2.24. The monoisotopic (exact) mass is 334 g/mol. The van der Waals surface area contributed by atoms with E-state index in [0.717, 1.165) is 32.1 Å². The van der Waals surface area contributed by atoms with Crippen LogP contribution in [0.3, 0.4) is 0 Å². The summed E-state index contributed by atoms with van der Waals surface area (Å²) in [6, 6.07) is 0. The van der Waals surface area contributed by atoms with E-state index in [2.05, 4.69) is 13.8 Å². The van der Waals surface area contributed by atoms with Gasteiger partial charge in [-0.15, -0.1) is 0 Å². The van der Waals surface area contributed by atoms with Crippen molar-refractivity contribution in [2.24, 2.45) is 28.6 Å². The Morgan fingerprint density at radius 2 is 1.79 bits per heavy atom. The van der Waals surface area contributed by atoms with Gasteiger partial charge < -0.3 is 9.47 Å². The van der Waals surface area contributed by atoms with Crippen molar-refractivity contribution in [2.75, 3.05) is 0 Å². The van der Waals surface area contributed by atoms with Crippen LogP contribution in [0.2, 0.25) is 0 Å². The molecule has 3 aliphatic carbocycles. The lowest BCUT2D eigenvalue weighted by Crippen LogP contribution is -2.57. The SMILES string of the molecule is CC(=O)OC1CCC2C3CCC4OC(=O)CCC4(C)C3CCC12C. The fourth-order valence-corrected chi connectivity index (χ4v) is 6.90. The van der Waals surface area contributed by atoms with Crippen molar-refractivity contribution >= 4 is 11.9 Å². The van der Waals surface area contributed by atoms with Gasteiger partial charge in [0.2, 0.25) is 0 Å². The van der Waals surface area contributed by atoms with Crippen molar-refractivity contribution in [3.8, 4) is 0 Å². The van der Waals surface area contributed by atoms with Crippen LogP contribution < -0.4 is 0 Å². The number of fused-ring (bicyclic) bond motifs is 5. The van der Waals surface area contributed by atoms with Crippen LogP contribution in [-0.2, 0) is 19.1 Å². The molecule has 7 atom stereocenters. The number of hydrogen-bond acceptors (Lipinski definition) is 4. The van der Waals surface area contributed by atoms with E-state index >= 15 is 0 Å². The Bertz CT molecular complexity index is 558. The Kier molecular flexibility index (Phi) is 3.74. The second-order valence-corrected chi connectivity index (χ2v) is 9.16. The van der Waals surface area contributed by atoms with Crippen molar-refractivity contribution < 1.29 is 19.1 Å². The van der Waals surface area contributed by atoms with E-state index in [1.807, 2.05) is 0 Å². The van der Waals surface area contributed by atoms with Gasteiger partial charge in [-0.2, -0.15) is 0 Å². The van der Waals surface area contributed by atoms with E-state index in [1.165, 1.54) is 19.8 Å². The zero-order chi connectivity index (χ0) is 17.1. The molecule has 0 aromatic rings. The first-order chi connectivity index (χ1) is 11.3. The summed E-state index contributed by atoms with van der Waals surface area (Å²) < 4.78 is 11.4. The predicted molar refractivity (Wildman–Crippen MR) is 89.1 cm³/mol. The maximum absolute atomic E-state index is 11.7. The third-order valence-corrected chi connectivity index (χ3v) is 8.14. The maximum Gasteiger partial charge on any atom is 0.306 e. The average Bonchev–Trinajstić information content (AvgIpc) is 2.84. The quantitative estimate of drug-likeness (QED) is 0.683. The Labute approximate surface area is 144 Å². The molecule has 4 aliphatic rings. The summed E-state index contributed by atoms with van der Waals surface area (Å²) in [5.74, 6) is 1.85. The van der Waals surface area contributed by atoms with E-state index in [-0.39, 0.29) is 35.0 Å². The Morgan fingerprint density at radius 3 is 2.54 bits per heavy atom. The van der Waals surface area contributed by atoms with Crippen molar-refractivity contribution in [3.63, 3.8) is 0 Å². The van der Waals surface area contributed by atoms with Gasteiger partial charge in [0, 0.05) is 24.2 Å². The number of ether oxygens (including phenoxy) is 2. The standard InChI is InChI=1S/C20H30O4/c1-12(21)23-16-7-5-14-13-4-6-17-20(3,11-9-18(22)24-17)15(13)8-10-19(14,16)2/h13-17H,4-11H2,1-3H3. The van der Waals surface area contributed by atoms with Crippen LogP contribution in [0.25, 0.3) is 0 Å². The fraction of sp³-hybridized carbons (Fsp3) is 0.900. The predicted octanol–water partition coefficient (Wildman–Crippen LogP) is 3.87. The second-order valence-electron chi connectivity index (χ2n) is 9.16. The lowest BCUT2D eigenvalue weighted by molar-refractivity contribution is -0.194. The highest BCUT2D eigenvalue weighted by Gasteiger charge is 2.61. The molecule has 3 saturated carbocycles. The number of hydrogen-bond donors (Lipinski definition) is 0. The smallest absolute Gasteiger partial charge is 0.306 e. The molecule has 0 aromatic heterocycles. The minimum absolute atomic E-state index is 0.00707. The summed E-state index contributed by atoms with van der Waals surface area (Å²) in [6.45, 7) is 6.25. The van der Waals surface area contributed by atoms with Gasteiger partial charge in [-0.1, -0.05) is 13.8 Å². The zero-order valence-electron chi connectivity index (χ0n) is 15.2. The fourth-order valence-electron chi connectivity index (χ4n) is 6.90. The highest BCUT2D eigenvalue weighted by atomic mass is 16.5. The van der Waals surface area contributed by atoms with Gasteiger partial charge in [0.05, 0.1) is 0 Å². The molecule has 134 valence electrons. The van der Waals surface area contributed by atoms with E-state index in [0.29, 0.717) is 24.2 Å². The van der Waals surface area contributed by atoms with Crippen molar-refractivity contribution in [1.82, 2.24) is 0 Å². The lowest BCUT2D eigenvalue weighted by atomic mass is 9.48. The molecular weight excluding hydrogens is 304 g/mol.